The molecular weight excluding hydrogens is 400 g/mol. The summed E-state index contributed by atoms with van der Waals surface area (Å²) in [6.45, 7) is 9.32. The predicted molar refractivity (Wildman–Crippen MR) is 147 cm³/mol. The Hall–Kier alpha value is -0.980. The van der Waals surface area contributed by atoms with Crippen molar-refractivity contribution in [2.75, 3.05) is 0 Å². The topological polar surface area (TPSA) is 20.2 Å². The lowest BCUT2D eigenvalue weighted by Gasteiger charge is -2.37. The highest BCUT2D eigenvalue weighted by Crippen LogP contribution is 2.46. The van der Waals surface area contributed by atoms with Crippen LogP contribution in [0.15, 0.2) is 6.07 Å². The van der Waals surface area contributed by atoms with Crippen molar-refractivity contribution in [3.05, 3.63) is 28.3 Å². The fourth-order valence-corrected chi connectivity index (χ4v) is 6.20. The molecule has 0 saturated heterocycles. The SMILES string of the molecule is CCCCCCCCCc1cc(CCCCCCCCC)c(O)c(C2(C)CCCCC2)c1C. The van der Waals surface area contributed by atoms with Gasteiger partial charge in [-0.05, 0) is 67.6 Å². The summed E-state index contributed by atoms with van der Waals surface area (Å²) in [5.74, 6) is 0.659. The minimum atomic E-state index is 0.164. The second-order valence-corrected chi connectivity index (χ2v) is 11.4. The highest BCUT2D eigenvalue weighted by atomic mass is 16.3. The van der Waals surface area contributed by atoms with Crippen molar-refractivity contribution in [2.45, 2.75) is 168 Å². The van der Waals surface area contributed by atoms with E-state index in [0.717, 1.165) is 6.42 Å². The van der Waals surface area contributed by atoms with Gasteiger partial charge in [0.05, 0.1) is 0 Å². The molecule has 1 fully saturated rings. The molecule has 0 bridgehead atoms. The second-order valence-electron chi connectivity index (χ2n) is 11.4. The minimum absolute atomic E-state index is 0.164. The van der Waals surface area contributed by atoms with Crippen LogP contribution in [-0.2, 0) is 18.3 Å². The van der Waals surface area contributed by atoms with Gasteiger partial charge in [-0.2, -0.15) is 0 Å². The number of aryl methyl sites for hydroxylation is 2. The number of aromatic hydroxyl groups is 1. The first-order chi connectivity index (χ1) is 16.0. The zero-order valence-electron chi connectivity index (χ0n) is 22.9. The molecule has 1 N–H and O–H groups in total. The Morgan fingerprint density at radius 2 is 1.12 bits per heavy atom. The van der Waals surface area contributed by atoms with E-state index in [0.29, 0.717) is 5.75 Å². The van der Waals surface area contributed by atoms with Gasteiger partial charge in [-0.3, -0.25) is 0 Å². The first-order valence-corrected chi connectivity index (χ1v) is 14.9. The summed E-state index contributed by atoms with van der Waals surface area (Å²) < 4.78 is 0. The van der Waals surface area contributed by atoms with Crippen molar-refractivity contribution in [2.24, 2.45) is 0 Å². The Bertz CT molecular complexity index is 611. The van der Waals surface area contributed by atoms with Crippen LogP contribution >= 0.6 is 0 Å². The summed E-state index contributed by atoms with van der Waals surface area (Å²) >= 11 is 0. The summed E-state index contributed by atoms with van der Waals surface area (Å²) in [6.07, 6.45) is 27.6. The van der Waals surface area contributed by atoms with Crippen LogP contribution in [0, 0.1) is 6.92 Å². The third kappa shape index (κ3) is 9.29. The summed E-state index contributed by atoms with van der Waals surface area (Å²) in [4.78, 5) is 0. The second kappa shape index (κ2) is 15.8. The summed E-state index contributed by atoms with van der Waals surface area (Å²) in [6, 6.07) is 2.40. The average molecular weight is 457 g/mol. The molecule has 1 aliphatic rings. The van der Waals surface area contributed by atoms with Crippen LogP contribution < -0.4 is 0 Å². The van der Waals surface area contributed by atoms with E-state index in [1.807, 2.05) is 0 Å². The van der Waals surface area contributed by atoms with E-state index in [9.17, 15) is 5.11 Å². The number of phenols is 1. The van der Waals surface area contributed by atoms with Crippen molar-refractivity contribution >= 4 is 0 Å². The van der Waals surface area contributed by atoms with Crippen LogP contribution in [0.1, 0.15) is 165 Å². The Morgan fingerprint density at radius 1 is 0.667 bits per heavy atom. The molecule has 0 atom stereocenters. The van der Waals surface area contributed by atoms with Crippen molar-refractivity contribution in [3.63, 3.8) is 0 Å². The molecule has 1 aliphatic carbocycles. The first-order valence-electron chi connectivity index (χ1n) is 14.9. The van der Waals surface area contributed by atoms with E-state index in [4.69, 9.17) is 0 Å². The van der Waals surface area contributed by atoms with Gasteiger partial charge in [0.2, 0.25) is 0 Å². The number of benzene rings is 1. The van der Waals surface area contributed by atoms with Gasteiger partial charge in [0.1, 0.15) is 5.75 Å². The van der Waals surface area contributed by atoms with Crippen molar-refractivity contribution in [3.8, 4) is 5.75 Å². The van der Waals surface area contributed by atoms with Crippen LogP contribution in [0.4, 0.5) is 0 Å². The van der Waals surface area contributed by atoms with Gasteiger partial charge in [0.15, 0.2) is 0 Å². The van der Waals surface area contributed by atoms with Crippen LogP contribution in [0.2, 0.25) is 0 Å². The molecule has 0 amide bonds. The molecule has 0 heterocycles. The van der Waals surface area contributed by atoms with Gasteiger partial charge in [-0.25, -0.2) is 0 Å². The molecule has 190 valence electrons. The predicted octanol–water partition coefficient (Wildman–Crippen LogP) is 10.5. The molecule has 1 aromatic carbocycles. The zero-order valence-corrected chi connectivity index (χ0v) is 22.9. The zero-order chi connectivity index (χ0) is 23.9. The highest BCUT2D eigenvalue weighted by molar-refractivity contribution is 5.53. The van der Waals surface area contributed by atoms with E-state index < -0.39 is 0 Å². The largest absolute Gasteiger partial charge is 0.507 e. The lowest BCUT2D eigenvalue weighted by atomic mass is 9.68. The standard InChI is InChI=1S/C32H56O/c1-5-7-9-11-13-15-18-22-28-26-29(23-19-16-14-12-10-8-6-2)31(33)30(27(28)3)32(4)24-20-17-21-25-32/h26,33H,5-25H2,1-4H3. The number of unbranched alkanes of at least 4 members (excludes halogenated alkanes) is 12. The number of hydrogen-bond donors (Lipinski definition) is 1. The summed E-state index contributed by atoms with van der Waals surface area (Å²) in [5, 5.41) is 11.5. The van der Waals surface area contributed by atoms with Crippen molar-refractivity contribution < 1.29 is 5.11 Å². The third-order valence-electron chi connectivity index (χ3n) is 8.41. The maximum Gasteiger partial charge on any atom is 0.122 e. The minimum Gasteiger partial charge on any atom is -0.507 e. The van der Waals surface area contributed by atoms with Gasteiger partial charge < -0.3 is 5.11 Å². The van der Waals surface area contributed by atoms with Crippen molar-refractivity contribution in [1.82, 2.24) is 0 Å². The normalized spacial score (nSPS) is 15.8. The van der Waals surface area contributed by atoms with Gasteiger partial charge in [0, 0.05) is 5.56 Å². The molecule has 0 spiro atoms. The number of hydrogen-bond acceptors (Lipinski definition) is 1. The van der Waals surface area contributed by atoms with Crippen LogP contribution in [0.25, 0.3) is 0 Å². The molecule has 0 unspecified atom stereocenters. The number of rotatable bonds is 17. The van der Waals surface area contributed by atoms with Gasteiger partial charge in [-0.15, -0.1) is 0 Å². The Balaban J connectivity index is 2.06. The molecule has 1 heteroatoms. The van der Waals surface area contributed by atoms with Gasteiger partial charge in [0.25, 0.3) is 0 Å². The average Bonchev–Trinajstić information content (AvgIpc) is 2.80. The fourth-order valence-electron chi connectivity index (χ4n) is 6.20. The maximum atomic E-state index is 11.5. The van der Waals surface area contributed by atoms with E-state index >= 15 is 0 Å². The van der Waals surface area contributed by atoms with Crippen LogP contribution in [-0.4, -0.2) is 5.11 Å². The van der Waals surface area contributed by atoms with E-state index in [1.165, 1.54) is 151 Å². The quantitative estimate of drug-likeness (QED) is 0.231. The van der Waals surface area contributed by atoms with E-state index in [1.54, 1.807) is 0 Å². The van der Waals surface area contributed by atoms with Gasteiger partial charge in [-0.1, -0.05) is 123 Å². The molecule has 1 nitrogen and oxygen atoms in total. The highest BCUT2D eigenvalue weighted by Gasteiger charge is 2.34. The fraction of sp³-hybridized carbons (Fsp3) is 0.812. The molecule has 2 rings (SSSR count). The molecule has 0 aliphatic heterocycles. The molecule has 0 aromatic heterocycles. The summed E-state index contributed by atoms with van der Waals surface area (Å²) in [7, 11) is 0. The molecule has 1 saturated carbocycles. The van der Waals surface area contributed by atoms with Gasteiger partial charge >= 0.3 is 0 Å². The Labute approximate surface area is 207 Å². The third-order valence-corrected chi connectivity index (χ3v) is 8.41. The Morgan fingerprint density at radius 3 is 1.64 bits per heavy atom. The lowest BCUT2D eigenvalue weighted by Crippen LogP contribution is -2.27. The Kier molecular flexibility index (Phi) is 13.6. The van der Waals surface area contributed by atoms with Crippen molar-refractivity contribution in [1.29, 1.82) is 0 Å². The maximum absolute atomic E-state index is 11.5. The molecule has 0 radical (unpaired) electrons. The molecule has 1 aromatic rings. The first kappa shape index (κ1) is 28.3. The van der Waals surface area contributed by atoms with Crippen LogP contribution in [0.3, 0.4) is 0 Å². The summed E-state index contributed by atoms with van der Waals surface area (Å²) in [5.41, 5.74) is 5.67. The van der Waals surface area contributed by atoms with E-state index in [2.05, 4.69) is 33.8 Å². The molecule has 33 heavy (non-hydrogen) atoms. The van der Waals surface area contributed by atoms with E-state index in [-0.39, 0.29) is 5.41 Å². The monoisotopic (exact) mass is 456 g/mol. The van der Waals surface area contributed by atoms with Crippen LogP contribution in [0.5, 0.6) is 5.75 Å². The number of phenolic OH excluding ortho intramolecular Hbond substituents is 1. The lowest BCUT2D eigenvalue weighted by molar-refractivity contribution is 0.305. The molecular formula is C32H56O. The smallest absolute Gasteiger partial charge is 0.122 e.